The summed E-state index contributed by atoms with van der Waals surface area (Å²) in [5.41, 5.74) is 6.36. The van der Waals surface area contributed by atoms with E-state index in [2.05, 4.69) is 65.8 Å². The lowest BCUT2D eigenvalue weighted by Crippen LogP contribution is -2.52. The Bertz CT molecular complexity index is 1500. The molecule has 2 N–H and O–H groups in total. The third-order valence-corrected chi connectivity index (χ3v) is 13.8. The molecular formula is C41H54O5. The van der Waals surface area contributed by atoms with Crippen molar-refractivity contribution in [3.63, 3.8) is 0 Å². The molecule has 6 atom stereocenters. The first-order valence-corrected chi connectivity index (χ1v) is 17.8. The minimum absolute atomic E-state index is 0.0216. The molecule has 0 bridgehead atoms. The zero-order valence-corrected chi connectivity index (χ0v) is 29.3. The van der Waals surface area contributed by atoms with E-state index in [1.54, 1.807) is 0 Å². The van der Waals surface area contributed by atoms with Crippen molar-refractivity contribution in [3.05, 3.63) is 68.8 Å². The van der Waals surface area contributed by atoms with Crippen LogP contribution in [0, 0.1) is 22.7 Å². The second-order valence-corrected chi connectivity index (χ2v) is 17.0. The van der Waals surface area contributed by atoms with Gasteiger partial charge in [0.2, 0.25) is 0 Å². The Balaban J connectivity index is 1.52. The normalized spacial score (nSPS) is 33.5. The van der Waals surface area contributed by atoms with E-state index in [-0.39, 0.29) is 40.3 Å². The van der Waals surface area contributed by atoms with Crippen LogP contribution in [0.4, 0.5) is 0 Å². The molecule has 2 aromatic rings. The Morgan fingerprint density at radius 3 is 1.33 bits per heavy atom. The van der Waals surface area contributed by atoms with Crippen molar-refractivity contribution >= 4 is 17.7 Å². The zero-order chi connectivity index (χ0) is 33.6. The summed E-state index contributed by atoms with van der Waals surface area (Å²) in [4.78, 5) is 40.3. The summed E-state index contributed by atoms with van der Waals surface area (Å²) in [5, 5.41) is 20.7. The quantitative estimate of drug-likeness (QED) is 0.312. The molecule has 5 heteroatoms. The highest BCUT2D eigenvalue weighted by Gasteiger charge is 2.57. The van der Waals surface area contributed by atoms with E-state index < -0.39 is 22.8 Å². The van der Waals surface area contributed by atoms with Gasteiger partial charge in [0, 0.05) is 11.1 Å². The number of aliphatic carboxylic acids is 2. The molecule has 0 radical (unpaired) electrons. The average Bonchev–Trinajstić information content (AvgIpc) is 2.99. The maximum absolute atomic E-state index is 15.1. The molecule has 0 spiro atoms. The Morgan fingerprint density at radius 1 is 0.630 bits per heavy atom. The summed E-state index contributed by atoms with van der Waals surface area (Å²) in [5.74, 6) is -1.01. The fourth-order valence-corrected chi connectivity index (χ4v) is 11.1. The van der Waals surface area contributed by atoms with Gasteiger partial charge < -0.3 is 10.2 Å². The molecule has 4 aliphatic rings. The molecule has 2 fully saturated rings. The van der Waals surface area contributed by atoms with Gasteiger partial charge in [-0.15, -0.1) is 0 Å². The van der Waals surface area contributed by atoms with Crippen molar-refractivity contribution in [2.24, 2.45) is 22.7 Å². The lowest BCUT2D eigenvalue weighted by molar-refractivity contribution is -0.158. The van der Waals surface area contributed by atoms with E-state index in [1.165, 1.54) is 22.3 Å². The SMILES string of the molecule is CC(C)c1cc2c(cc1C(=O)c1cc3c(cc1C(C)C)CCC1C(C)(C(=O)O)CCCC31C)C1(C)CCCC(C)(C(=O)O)C1CC2. The molecule has 46 heavy (non-hydrogen) atoms. The van der Waals surface area contributed by atoms with Gasteiger partial charge in [-0.25, -0.2) is 0 Å². The minimum atomic E-state index is -0.773. The second kappa shape index (κ2) is 11.1. The molecule has 6 unspecified atom stereocenters. The van der Waals surface area contributed by atoms with Crippen molar-refractivity contribution in [2.45, 2.75) is 142 Å². The molecule has 0 aromatic heterocycles. The fourth-order valence-electron chi connectivity index (χ4n) is 11.1. The van der Waals surface area contributed by atoms with Gasteiger partial charge in [-0.3, -0.25) is 14.4 Å². The van der Waals surface area contributed by atoms with Crippen molar-refractivity contribution in [1.29, 1.82) is 0 Å². The topological polar surface area (TPSA) is 91.7 Å². The number of rotatable bonds is 6. The highest BCUT2D eigenvalue weighted by atomic mass is 16.4. The number of fused-ring (bicyclic) bond motifs is 6. The Morgan fingerprint density at radius 2 is 1.00 bits per heavy atom. The third kappa shape index (κ3) is 4.65. The number of carboxylic acid groups (broad SMARTS) is 2. The van der Waals surface area contributed by atoms with Crippen LogP contribution in [0.25, 0.3) is 0 Å². The molecule has 248 valence electrons. The Kier molecular flexibility index (Phi) is 7.93. The van der Waals surface area contributed by atoms with Crippen LogP contribution in [0.5, 0.6) is 0 Å². The largest absolute Gasteiger partial charge is 0.481 e. The number of carbonyl (C=O) groups is 3. The summed E-state index contributed by atoms with van der Waals surface area (Å²) >= 11 is 0. The molecule has 0 amide bonds. The molecule has 0 aliphatic heterocycles. The van der Waals surface area contributed by atoms with Crippen LogP contribution in [0.1, 0.15) is 168 Å². The number of carboxylic acids is 2. The molecule has 6 rings (SSSR count). The second-order valence-electron chi connectivity index (χ2n) is 17.0. The number of carbonyl (C=O) groups excluding carboxylic acids is 1. The predicted molar refractivity (Wildman–Crippen MR) is 182 cm³/mol. The maximum atomic E-state index is 15.1. The van der Waals surface area contributed by atoms with Crippen LogP contribution in [0.3, 0.4) is 0 Å². The van der Waals surface area contributed by atoms with Crippen LogP contribution in [0.15, 0.2) is 24.3 Å². The van der Waals surface area contributed by atoms with E-state index in [1.807, 2.05) is 13.8 Å². The predicted octanol–water partition coefficient (Wildman–Crippen LogP) is 9.35. The first kappa shape index (κ1) is 33.0. The van der Waals surface area contributed by atoms with Crippen LogP contribution < -0.4 is 0 Å². The van der Waals surface area contributed by atoms with Crippen LogP contribution in [-0.2, 0) is 33.3 Å². The van der Waals surface area contributed by atoms with Gasteiger partial charge in [0.1, 0.15) is 0 Å². The standard InChI is InChI=1S/C41H54O5/c1-23(2)27-19-25-11-13-33-38(5,15-9-17-40(33,7)36(43)44)31(25)21-29(27)35(42)30-22-32-26(20-28(30)24(3)4)12-14-34-39(32,6)16-10-18-41(34,8)37(45)46/h19-24,33-34H,9-18H2,1-8H3,(H,43,44)(H,45,46). The number of benzene rings is 2. The van der Waals surface area contributed by atoms with Crippen LogP contribution in [-0.4, -0.2) is 27.9 Å². The monoisotopic (exact) mass is 626 g/mol. The van der Waals surface area contributed by atoms with Crippen molar-refractivity contribution < 1.29 is 24.6 Å². The number of ketones is 1. The smallest absolute Gasteiger partial charge is 0.309 e. The van der Waals surface area contributed by atoms with E-state index >= 15 is 4.79 Å². The van der Waals surface area contributed by atoms with Gasteiger partial charge in [0.15, 0.2) is 5.78 Å². The number of hydrogen-bond donors (Lipinski definition) is 2. The van der Waals surface area contributed by atoms with E-state index in [0.29, 0.717) is 12.8 Å². The van der Waals surface area contributed by atoms with Crippen LogP contribution >= 0.6 is 0 Å². The summed E-state index contributed by atoms with van der Waals surface area (Å²) in [6.07, 6.45) is 8.37. The van der Waals surface area contributed by atoms with Gasteiger partial charge in [-0.05, 0) is 145 Å². The van der Waals surface area contributed by atoms with Gasteiger partial charge in [-0.1, -0.05) is 66.5 Å². The Labute approximate surface area is 275 Å². The number of hydrogen-bond acceptors (Lipinski definition) is 3. The number of aryl methyl sites for hydroxylation is 2. The van der Waals surface area contributed by atoms with Gasteiger partial charge in [0.25, 0.3) is 0 Å². The summed E-state index contributed by atoms with van der Waals surface area (Å²) < 4.78 is 0. The van der Waals surface area contributed by atoms with E-state index in [9.17, 15) is 19.8 Å². The van der Waals surface area contributed by atoms with Crippen molar-refractivity contribution in [1.82, 2.24) is 0 Å². The summed E-state index contributed by atoms with van der Waals surface area (Å²) in [7, 11) is 0. The lowest BCUT2D eigenvalue weighted by atomic mass is 9.49. The van der Waals surface area contributed by atoms with Crippen molar-refractivity contribution in [2.75, 3.05) is 0 Å². The van der Waals surface area contributed by atoms with Gasteiger partial charge >= 0.3 is 11.9 Å². The summed E-state index contributed by atoms with van der Waals surface area (Å²) in [6, 6.07) is 8.88. The van der Waals surface area contributed by atoms with Gasteiger partial charge in [0.05, 0.1) is 10.8 Å². The third-order valence-electron chi connectivity index (χ3n) is 13.8. The lowest BCUT2D eigenvalue weighted by Gasteiger charge is -2.54. The maximum Gasteiger partial charge on any atom is 0.309 e. The minimum Gasteiger partial charge on any atom is -0.481 e. The average molecular weight is 627 g/mol. The zero-order valence-electron chi connectivity index (χ0n) is 29.3. The Hall–Kier alpha value is -2.95. The molecule has 0 heterocycles. The molecule has 2 saturated carbocycles. The first-order valence-electron chi connectivity index (χ1n) is 17.8. The first-order chi connectivity index (χ1) is 21.5. The highest BCUT2D eigenvalue weighted by molar-refractivity contribution is 6.11. The summed E-state index contributed by atoms with van der Waals surface area (Å²) in [6.45, 7) is 17.0. The molecule has 5 nitrogen and oxygen atoms in total. The van der Waals surface area contributed by atoms with Crippen molar-refractivity contribution in [3.8, 4) is 0 Å². The highest BCUT2D eigenvalue weighted by Crippen LogP contribution is 2.59. The fraction of sp³-hybridized carbons (Fsp3) is 0.634. The van der Waals surface area contributed by atoms with Crippen LogP contribution in [0.2, 0.25) is 0 Å². The van der Waals surface area contributed by atoms with E-state index in [4.69, 9.17) is 0 Å². The molecule has 4 aliphatic carbocycles. The molecule has 0 saturated heterocycles. The van der Waals surface area contributed by atoms with Gasteiger partial charge in [-0.2, -0.15) is 0 Å². The van der Waals surface area contributed by atoms with E-state index in [0.717, 1.165) is 73.6 Å². The molecule has 2 aromatic carbocycles. The molecular weight excluding hydrogens is 572 g/mol.